The summed E-state index contributed by atoms with van der Waals surface area (Å²) in [5, 5.41) is 58.9. The Morgan fingerprint density at radius 2 is 1.50 bits per heavy atom. The molecule has 16 heteroatoms. The second kappa shape index (κ2) is 13.1. The van der Waals surface area contributed by atoms with Crippen molar-refractivity contribution < 1.29 is 54.1 Å². The van der Waals surface area contributed by atoms with E-state index in [9.17, 15) is 35.1 Å². The van der Waals surface area contributed by atoms with Crippen molar-refractivity contribution in [1.29, 1.82) is 0 Å². The number of amides is 2. The number of nitrogens with zero attached hydrogens (tertiary/aromatic N) is 3. The Morgan fingerprint density at radius 1 is 0.941 bits per heavy atom. The average Bonchev–Trinajstić information content (AvgIpc) is 2.78. The van der Waals surface area contributed by atoms with Crippen molar-refractivity contribution >= 4 is 11.8 Å². The van der Waals surface area contributed by atoms with Crippen LogP contribution in [-0.2, 0) is 28.5 Å². The molecule has 2 heterocycles. The van der Waals surface area contributed by atoms with E-state index >= 15 is 0 Å². The molecular formula is C18H31N5O11. The Kier molecular flexibility index (Phi) is 10.8. The fraction of sp³-hybridized carbons (Fsp3) is 0.889. The molecule has 0 spiro atoms. The van der Waals surface area contributed by atoms with E-state index in [0.29, 0.717) is 0 Å². The van der Waals surface area contributed by atoms with Crippen LogP contribution in [0.1, 0.15) is 13.8 Å². The van der Waals surface area contributed by atoms with Gasteiger partial charge in [0.15, 0.2) is 12.6 Å². The smallest absolute Gasteiger partial charge is 0.217 e. The summed E-state index contributed by atoms with van der Waals surface area (Å²) in [6.45, 7) is 0.800. The van der Waals surface area contributed by atoms with Crippen LogP contribution >= 0.6 is 0 Å². The fourth-order valence-corrected chi connectivity index (χ4v) is 3.76. The normalized spacial score (nSPS) is 38.0. The van der Waals surface area contributed by atoms with E-state index in [2.05, 4.69) is 20.7 Å². The van der Waals surface area contributed by atoms with Gasteiger partial charge in [-0.2, -0.15) is 0 Å². The summed E-state index contributed by atoms with van der Waals surface area (Å²) in [5.74, 6) is -1.14. The topological polar surface area (TPSA) is 245 Å². The van der Waals surface area contributed by atoms with Gasteiger partial charge in [0.1, 0.15) is 48.7 Å². The molecule has 2 amide bonds. The van der Waals surface area contributed by atoms with Crippen LogP contribution in [0.25, 0.3) is 10.4 Å². The predicted molar refractivity (Wildman–Crippen MR) is 110 cm³/mol. The van der Waals surface area contributed by atoms with E-state index in [0.717, 1.165) is 6.92 Å². The van der Waals surface area contributed by atoms with Crippen molar-refractivity contribution in [3.05, 3.63) is 10.4 Å². The first-order valence-electron chi connectivity index (χ1n) is 10.5. The third-order valence-electron chi connectivity index (χ3n) is 5.30. The molecule has 10 atom stereocenters. The van der Waals surface area contributed by atoms with E-state index in [1.54, 1.807) is 0 Å². The molecule has 2 saturated heterocycles. The Hall–Kier alpha value is -2.11. The quantitative estimate of drug-likeness (QED) is 0.0673. The molecule has 0 radical (unpaired) electrons. The van der Waals surface area contributed by atoms with E-state index < -0.39 is 86.3 Å². The first-order valence-corrected chi connectivity index (χ1v) is 10.5. The molecule has 2 aliphatic rings. The number of aliphatic hydroxyl groups excluding tert-OH is 5. The Balaban J connectivity index is 2.35. The molecule has 16 nitrogen and oxygen atoms in total. The molecule has 4 unspecified atom stereocenters. The molecule has 0 saturated carbocycles. The monoisotopic (exact) mass is 493 g/mol. The van der Waals surface area contributed by atoms with Crippen molar-refractivity contribution in [3.63, 3.8) is 0 Å². The van der Waals surface area contributed by atoms with Gasteiger partial charge < -0.3 is 55.1 Å². The predicted octanol–water partition coefficient (Wildman–Crippen LogP) is -3.77. The molecule has 0 bridgehead atoms. The zero-order valence-corrected chi connectivity index (χ0v) is 18.6. The minimum atomic E-state index is -1.61. The third-order valence-corrected chi connectivity index (χ3v) is 5.30. The lowest BCUT2D eigenvalue weighted by Crippen LogP contribution is -2.69. The largest absolute Gasteiger partial charge is 0.394 e. The number of ether oxygens (including phenoxy) is 4. The molecular weight excluding hydrogens is 462 g/mol. The van der Waals surface area contributed by atoms with Gasteiger partial charge in [0.2, 0.25) is 11.8 Å². The van der Waals surface area contributed by atoms with Gasteiger partial charge in [0, 0.05) is 25.3 Å². The maximum atomic E-state index is 11.9. The highest BCUT2D eigenvalue weighted by Crippen LogP contribution is 2.29. The molecule has 2 fully saturated rings. The van der Waals surface area contributed by atoms with Crippen LogP contribution in [0.5, 0.6) is 0 Å². The Bertz CT molecular complexity index is 739. The molecule has 2 aliphatic heterocycles. The van der Waals surface area contributed by atoms with E-state index in [4.69, 9.17) is 24.5 Å². The first-order chi connectivity index (χ1) is 16.1. The molecule has 194 valence electrons. The minimum Gasteiger partial charge on any atom is -0.394 e. The van der Waals surface area contributed by atoms with E-state index in [1.807, 2.05) is 0 Å². The second-order valence-electron chi connectivity index (χ2n) is 7.80. The maximum absolute atomic E-state index is 11.9. The van der Waals surface area contributed by atoms with Crippen LogP contribution < -0.4 is 10.6 Å². The zero-order valence-electron chi connectivity index (χ0n) is 18.6. The summed E-state index contributed by atoms with van der Waals surface area (Å²) < 4.78 is 22.5. The zero-order chi connectivity index (χ0) is 25.4. The summed E-state index contributed by atoms with van der Waals surface area (Å²) in [6, 6.07) is -2.50. The highest BCUT2D eigenvalue weighted by Gasteiger charge is 2.52. The fourth-order valence-electron chi connectivity index (χ4n) is 3.76. The Morgan fingerprint density at radius 3 is 2.06 bits per heavy atom. The Labute approximate surface area is 194 Å². The number of nitrogens with one attached hydrogen (secondary N) is 2. The highest BCUT2D eigenvalue weighted by molar-refractivity contribution is 5.73. The molecule has 0 aliphatic carbocycles. The first kappa shape index (κ1) is 28.1. The summed E-state index contributed by atoms with van der Waals surface area (Å²) >= 11 is 0. The SMILES string of the molecule is CC(=O)N[C@H]1C(O)[C@@H](O)C(CO)O[C@H]1OC1[C@H](O)C(CO)O[C@@H](OCCN=[N+]=[N-])[C@H]1NC(C)=O. The number of carbonyl (C=O) groups excluding carboxylic acids is 2. The standard InChI is InChI=1S/C18H31N5O11/c1-7(26)21-11-15(30)13(28)9(5-24)33-18(11)34-16-12(22-8(2)27)17(31-4-3-20-23-19)32-10(6-25)14(16)29/h9-18,24-25,28-30H,3-6H2,1-2H3,(H,21,26)(H,22,27)/t9?,10?,11-,12-,13-,14+,15?,16?,17+,18-/m0/s1. The van der Waals surface area contributed by atoms with Gasteiger partial charge in [-0.15, -0.1) is 0 Å². The van der Waals surface area contributed by atoms with Crippen LogP contribution in [0.2, 0.25) is 0 Å². The van der Waals surface area contributed by atoms with Gasteiger partial charge in [-0.25, -0.2) is 0 Å². The van der Waals surface area contributed by atoms with Crippen LogP contribution in [0.3, 0.4) is 0 Å². The highest BCUT2D eigenvalue weighted by atomic mass is 16.7. The van der Waals surface area contributed by atoms with Crippen LogP contribution in [0.4, 0.5) is 0 Å². The number of carbonyl (C=O) groups is 2. The van der Waals surface area contributed by atoms with Gasteiger partial charge in [0.05, 0.1) is 19.8 Å². The maximum Gasteiger partial charge on any atom is 0.217 e. The van der Waals surface area contributed by atoms with Crippen molar-refractivity contribution in [2.45, 2.75) is 75.1 Å². The molecule has 34 heavy (non-hydrogen) atoms. The summed E-state index contributed by atoms with van der Waals surface area (Å²) in [6.07, 6.45) is -11.4. The van der Waals surface area contributed by atoms with Crippen LogP contribution in [0, 0.1) is 0 Å². The molecule has 7 N–H and O–H groups in total. The lowest BCUT2D eigenvalue weighted by molar-refractivity contribution is -0.328. The molecule has 2 rings (SSSR count). The lowest BCUT2D eigenvalue weighted by atomic mass is 9.94. The summed E-state index contributed by atoms with van der Waals surface area (Å²) in [4.78, 5) is 26.1. The van der Waals surface area contributed by atoms with Gasteiger partial charge >= 0.3 is 0 Å². The molecule has 0 aromatic heterocycles. The van der Waals surface area contributed by atoms with Crippen molar-refractivity contribution in [2.75, 3.05) is 26.4 Å². The van der Waals surface area contributed by atoms with Crippen LogP contribution in [-0.4, -0.2) is 125 Å². The minimum absolute atomic E-state index is 0.0698. The lowest BCUT2D eigenvalue weighted by Gasteiger charge is -2.48. The number of rotatable bonds is 10. The number of aliphatic hydroxyl groups is 5. The van der Waals surface area contributed by atoms with Crippen molar-refractivity contribution in [2.24, 2.45) is 5.11 Å². The molecule has 0 aromatic rings. The van der Waals surface area contributed by atoms with Gasteiger partial charge in [-0.1, -0.05) is 5.11 Å². The van der Waals surface area contributed by atoms with Crippen molar-refractivity contribution in [3.8, 4) is 0 Å². The summed E-state index contributed by atoms with van der Waals surface area (Å²) in [7, 11) is 0. The second-order valence-corrected chi connectivity index (χ2v) is 7.80. The molecule has 0 aromatic carbocycles. The number of hydrogen-bond donors (Lipinski definition) is 7. The van der Waals surface area contributed by atoms with Crippen molar-refractivity contribution in [1.82, 2.24) is 10.6 Å². The van der Waals surface area contributed by atoms with Crippen LogP contribution in [0.15, 0.2) is 5.11 Å². The summed E-state index contributed by atoms with van der Waals surface area (Å²) in [5.41, 5.74) is 8.41. The van der Waals surface area contributed by atoms with E-state index in [-0.39, 0.29) is 13.2 Å². The average molecular weight is 493 g/mol. The number of hydrogen-bond acceptors (Lipinski definition) is 12. The van der Waals surface area contributed by atoms with Gasteiger partial charge in [-0.3, -0.25) is 9.59 Å². The van der Waals surface area contributed by atoms with Gasteiger partial charge in [-0.05, 0) is 5.53 Å². The van der Waals surface area contributed by atoms with Gasteiger partial charge in [0.25, 0.3) is 0 Å². The number of azide groups is 1. The van der Waals surface area contributed by atoms with E-state index in [1.165, 1.54) is 6.92 Å². The third kappa shape index (κ3) is 6.96.